The molecular formula is C13H19Cl2N3. The van der Waals surface area contributed by atoms with E-state index >= 15 is 0 Å². The molecule has 0 saturated carbocycles. The molecule has 0 atom stereocenters. The summed E-state index contributed by atoms with van der Waals surface area (Å²) in [6, 6.07) is 3.77. The molecule has 0 radical (unpaired) electrons. The van der Waals surface area contributed by atoms with Crippen LogP contribution < -0.4 is 5.32 Å². The van der Waals surface area contributed by atoms with Crippen LogP contribution in [0.15, 0.2) is 12.1 Å². The van der Waals surface area contributed by atoms with Crippen molar-refractivity contribution < 1.29 is 0 Å². The van der Waals surface area contributed by atoms with Gasteiger partial charge in [-0.2, -0.15) is 0 Å². The molecule has 0 unspecified atom stereocenters. The lowest BCUT2D eigenvalue weighted by Crippen LogP contribution is -2.36. The van der Waals surface area contributed by atoms with E-state index < -0.39 is 0 Å². The quantitative estimate of drug-likeness (QED) is 0.864. The molecule has 2 heterocycles. The number of likely N-dealkylation sites (tertiary alicyclic amines) is 1. The Morgan fingerprint density at radius 1 is 1.33 bits per heavy atom. The Labute approximate surface area is 118 Å². The van der Waals surface area contributed by atoms with Gasteiger partial charge in [-0.15, -0.1) is 0 Å². The van der Waals surface area contributed by atoms with Gasteiger partial charge in [0, 0.05) is 12.1 Å². The highest BCUT2D eigenvalue weighted by molar-refractivity contribution is 6.32. The van der Waals surface area contributed by atoms with Crippen molar-refractivity contribution in [2.24, 2.45) is 5.92 Å². The van der Waals surface area contributed by atoms with Crippen molar-refractivity contribution in [1.82, 2.24) is 15.2 Å². The minimum Gasteiger partial charge on any atom is -0.319 e. The van der Waals surface area contributed by atoms with Gasteiger partial charge in [0.25, 0.3) is 0 Å². The Morgan fingerprint density at radius 3 is 2.67 bits per heavy atom. The lowest BCUT2D eigenvalue weighted by molar-refractivity contribution is 0.176. The molecule has 1 aromatic heterocycles. The topological polar surface area (TPSA) is 28.2 Å². The number of nitrogens with one attached hydrogen (secondary N) is 1. The van der Waals surface area contributed by atoms with Crippen LogP contribution in [-0.4, -0.2) is 36.6 Å². The highest BCUT2D eigenvalue weighted by Crippen LogP contribution is 2.22. The van der Waals surface area contributed by atoms with Crippen LogP contribution in [0.2, 0.25) is 10.3 Å². The molecule has 0 spiro atoms. The molecule has 2 rings (SSSR count). The number of pyridine rings is 1. The maximum Gasteiger partial charge on any atom is 0.135 e. The van der Waals surface area contributed by atoms with Crippen molar-refractivity contribution in [3.63, 3.8) is 0 Å². The first kappa shape index (κ1) is 14.1. The Balaban J connectivity index is 1.87. The van der Waals surface area contributed by atoms with E-state index in [2.05, 4.69) is 15.2 Å². The molecule has 1 aromatic rings. The molecule has 1 aliphatic rings. The average molecular weight is 288 g/mol. The number of aromatic nitrogens is 1. The van der Waals surface area contributed by atoms with E-state index in [0.29, 0.717) is 10.3 Å². The largest absolute Gasteiger partial charge is 0.319 e. The summed E-state index contributed by atoms with van der Waals surface area (Å²) in [6.45, 7) is 4.25. The van der Waals surface area contributed by atoms with Crippen molar-refractivity contribution in [2.45, 2.75) is 19.4 Å². The summed E-state index contributed by atoms with van der Waals surface area (Å²) in [5.41, 5.74) is 1.06. The Bertz CT molecular complexity index is 390. The summed E-state index contributed by atoms with van der Waals surface area (Å²) in [5, 5.41) is 4.24. The van der Waals surface area contributed by atoms with Crippen molar-refractivity contribution in [1.29, 1.82) is 0 Å². The maximum atomic E-state index is 6.09. The summed E-state index contributed by atoms with van der Waals surface area (Å²) >= 11 is 11.9. The van der Waals surface area contributed by atoms with E-state index in [-0.39, 0.29) is 0 Å². The van der Waals surface area contributed by atoms with Crippen molar-refractivity contribution in [3.8, 4) is 0 Å². The first-order chi connectivity index (χ1) is 8.69. The monoisotopic (exact) mass is 287 g/mol. The Kier molecular flexibility index (Phi) is 5.25. The number of nitrogens with zero attached hydrogens (tertiary/aromatic N) is 2. The standard InChI is InChI=1S/C13H19Cl2N3/c1-16-8-10-4-6-18(7-5-10)9-11-2-3-12(14)17-13(11)15/h2-3,10,16H,4-9H2,1H3. The van der Waals surface area contributed by atoms with Crippen LogP contribution in [0.25, 0.3) is 0 Å². The first-order valence-corrected chi connectivity index (χ1v) is 7.12. The SMILES string of the molecule is CNCC1CCN(Cc2ccc(Cl)nc2Cl)CC1. The second-order valence-electron chi connectivity index (χ2n) is 4.86. The van der Waals surface area contributed by atoms with Crippen LogP contribution in [-0.2, 0) is 6.54 Å². The van der Waals surface area contributed by atoms with Gasteiger partial charge >= 0.3 is 0 Å². The number of piperidine rings is 1. The van der Waals surface area contributed by atoms with E-state index in [0.717, 1.165) is 37.7 Å². The van der Waals surface area contributed by atoms with E-state index in [1.807, 2.05) is 13.1 Å². The Morgan fingerprint density at radius 2 is 2.06 bits per heavy atom. The molecule has 3 nitrogen and oxygen atoms in total. The molecule has 18 heavy (non-hydrogen) atoms. The predicted molar refractivity (Wildman–Crippen MR) is 76.2 cm³/mol. The molecule has 1 aliphatic heterocycles. The number of halogens is 2. The first-order valence-electron chi connectivity index (χ1n) is 6.37. The third kappa shape index (κ3) is 3.82. The molecule has 0 bridgehead atoms. The van der Waals surface area contributed by atoms with Crippen LogP contribution in [0.3, 0.4) is 0 Å². The van der Waals surface area contributed by atoms with Crippen LogP contribution in [0.4, 0.5) is 0 Å². The second-order valence-corrected chi connectivity index (χ2v) is 5.61. The smallest absolute Gasteiger partial charge is 0.135 e. The van der Waals surface area contributed by atoms with E-state index in [9.17, 15) is 0 Å². The fourth-order valence-electron chi connectivity index (χ4n) is 2.44. The summed E-state index contributed by atoms with van der Waals surface area (Å²) in [7, 11) is 2.02. The average Bonchev–Trinajstić information content (AvgIpc) is 2.35. The van der Waals surface area contributed by atoms with Gasteiger partial charge in [-0.1, -0.05) is 29.3 Å². The fourth-order valence-corrected chi connectivity index (χ4v) is 2.84. The molecule has 0 aliphatic carbocycles. The zero-order chi connectivity index (χ0) is 13.0. The lowest BCUT2D eigenvalue weighted by Gasteiger charge is -2.31. The van der Waals surface area contributed by atoms with Crippen molar-refractivity contribution in [2.75, 3.05) is 26.7 Å². The van der Waals surface area contributed by atoms with Crippen LogP contribution in [0, 0.1) is 5.92 Å². The van der Waals surface area contributed by atoms with Gasteiger partial charge in [-0.05, 0) is 51.5 Å². The van der Waals surface area contributed by atoms with Gasteiger partial charge in [0.1, 0.15) is 10.3 Å². The van der Waals surface area contributed by atoms with Gasteiger partial charge in [0.05, 0.1) is 0 Å². The lowest BCUT2D eigenvalue weighted by atomic mass is 9.96. The summed E-state index contributed by atoms with van der Waals surface area (Å²) in [4.78, 5) is 6.51. The molecule has 1 fully saturated rings. The summed E-state index contributed by atoms with van der Waals surface area (Å²) in [6.07, 6.45) is 2.50. The van der Waals surface area contributed by atoms with Gasteiger partial charge in [-0.25, -0.2) is 4.98 Å². The molecule has 1 N–H and O–H groups in total. The normalized spacial score (nSPS) is 18.2. The van der Waals surface area contributed by atoms with Crippen molar-refractivity contribution >= 4 is 23.2 Å². The van der Waals surface area contributed by atoms with Gasteiger partial charge < -0.3 is 5.32 Å². The number of rotatable bonds is 4. The maximum absolute atomic E-state index is 6.09. The number of hydrogen-bond acceptors (Lipinski definition) is 3. The highest BCUT2D eigenvalue weighted by Gasteiger charge is 2.19. The van der Waals surface area contributed by atoms with E-state index in [4.69, 9.17) is 23.2 Å². The third-order valence-electron chi connectivity index (χ3n) is 3.49. The predicted octanol–water partition coefficient (Wildman–Crippen LogP) is 2.82. The highest BCUT2D eigenvalue weighted by atomic mass is 35.5. The van der Waals surface area contributed by atoms with Crippen LogP contribution in [0.1, 0.15) is 18.4 Å². The summed E-state index contributed by atoms with van der Waals surface area (Å²) < 4.78 is 0. The molecule has 0 amide bonds. The molecular weight excluding hydrogens is 269 g/mol. The van der Waals surface area contributed by atoms with E-state index in [1.165, 1.54) is 12.8 Å². The Hall–Kier alpha value is -0.350. The van der Waals surface area contributed by atoms with Gasteiger partial charge in [0.15, 0.2) is 0 Å². The minimum absolute atomic E-state index is 0.455. The second kappa shape index (κ2) is 6.71. The molecule has 100 valence electrons. The zero-order valence-corrected chi connectivity index (χ0v) is 12.1. The number of hydrogen-bond donors (Lipinski definition) is 1. The zero-order valence-electron chi connectivity index (χ0n) is 10.6. The minimum atomic E-state index is 0.455. The fraction of sp³-hybridized carbons (Fsp3) is 0.615. The summed E-state index contributed by atoms with van der Waals surface area (Å²) in [5.74, 6) is 0.810. The third-order valence-corrected chi connectivity index (χ3v) is 4.02. The molecule has 5 heteroatoms. The molecule has 1 saturated heterocycles. The van der Waals surface area contributed by atoms with Crippen LogP contribution >= 0.6 is 23.2 Å². The van der Waals surface area contributed by atoms with Gasteiger partial charge in [-0.3, -0.25) is 4.90 Å². The molecule has 0 aromatic carbocycles. The van der Waals surface area contributed by atoms with E-state index in [1.54, 1.807) is 6.07 Å². The van der Waals surface area contributed by atoms with Crippen molar-refractivity contribution in [3.05, 3.63) is 28.0 Å². The van der Waals surface area contributed by atoms with Crippen LogP contribution in [0.5, 0.6) is 0 Å². The van der Waals surface area contributed by atoms with Gasteiger partial charge in [0.2, 0.25) is 0 Å².